The van der Waals surface area contributed by atoms with Gasteiger partial charge in [-0.2, -0.15) is 4.98 Å². The first kappa shape index (κ1) is 21.0. The van der Waals surface area contributed by atoms with E-state index in [0.717, 1.165) is 44.1 Å². The predicted octanol–water partition coefficient (Wildman–Crippen LogP) is 4.36. The summed E-state index contributed by atoms with van der Waals surface area (Å²) in [6.45, 7) is 6.84. The molecule has 1 aromatic carbocycles. The third-order valence-electron chi connectivity index (χ3n) is 6.67. The lowest BCUT2D eigenvalue weighted by molar-refractivity contribution is -0.133. The molecule has 0 bridgehead atoms. The summed E-state index contributed by atoms with van der Waals surface area (Å²) < 4.78 is 19.0. The molecule has 2 heterocycles. The van der Waals surface area contributed by atoms with Crippen LogP contribution in [-0.2, 0) is 4.79 Å². The van der Waals surface area contributed by atoms with Crippen LogP contribution in [0.15, 0.2) is 22.7 Å². The Morgan fingerprint density at radius 1 is 1.23 bits per heavy atom. The Hall–Kier alpha value is -2.28. The quantitative estimate of drug-likeness (QED) is 0.703. The largest absolute Gasteiger partial charge is 0.340 e. The number of carbonyl (C=O) groups is 1. The van der Waals surface area contributed by atoms with E-state index < -0.39 is 0 Å². The molecule has 2 fully saturated rings. The molecule has 1 saturated heterocycles. The molecule has 1 aromatic heterocycles. The SMILES string of the molecule is Cc1cc(-c2noc(C(C)N3CCN(C(=O)CCC4CCCC4)CC3)n2)ccc1F. The topological polar surface area (TPSA) is 62.5 Å². The van der Waals surface area contributed by atoms with Gasteiger partial charge in [-0.15, -0.1) is 0 Å². The fourth-order valence-corrected chi connectivity index (χ4v) is 4.61. The van der Waals surface area contributed by atoms with E-state index in [9.17, 15) is 9.18 Å². The van der Waals surface area contributed by atoms with Gasteiger partial charge in [0.15, 0.2) is 0 Å². The Kier molecular flexibility index (Phi) is 6.46. The third kappa shape index (κ3) is 4.72. The number of benzene rings is 1. The Morgan fingerprint density at radius 3 is 2.67 bits per heavy atom. The number of piperazine rings is 1. The number of halogens is 1. The summed E-state index contributed by atoms with van der Waals surface area (Å²) in [5.74, 6) is 1.83. The number of hydrogen-bond acceptors (Lipinski definition) is 5. The lowest BCUT2D eigenvalue weighted by Crippen LogP contribution is -2.49. The zero-order valence-corrected chi connectivity index (χ0v) is 17.9. The van der Waals surface area contributed by atoms with Crippen LogP contribution in [0.4, 0.5) is 4.39 Å². The van der Waals surface area contributed by atoms with Gasteiger partial charge in [-0.25, -0.2) is 4.39 Å². The van der Waals surface area contributed by atoms with Gasteiger partial charge in [-0.05, 0) is 49.9 Å². The molecule has 7 heteroatoms. The van der Waals surface area contributed by atoms with Gasteiger partial charge in [-0.1, -0.05) is 30.8 Å². The Bertz CT molecular complexity index is 870. The van der Waals surface area contributed by atoms with Crippen molar-refractivity contribution in [3.8, 4) is 11.4 Å². The number of nitrogens with zero attached hydrogens (tertiary/aromatic N) is 4. The van der Waals surface area contributed by atoms with Gasteiger partial charge in [-0.3, -0.25) is 9.69 Å². The molecule has 0 radical (unpaired) electrons. The molecule has 1 atom stereocenters. The average molecular weight is 415 g/mol. The Labute approximate surface area is 177 Å². The predicted molar refractivity (Wildman–Crippen MR) is 112 cm³/mol. The second-order valence-corrected chi connectivity index (χ2v) is 8.70. The van der Waals surface area contributed by atoms with Crippen LogP contribution in [0, 0.1) is 18.7 Å². The lowest BCUT2D eigenvalue weighted by Gasteiger charge is -2.37. The van der Waals surface area contributed by atoms with Crippen LogP contribution < -0.4 is 0 Å². The van der Waals surface area contributed by atoms with Crippen molar-refractivity contribution in [1.29, 1.82) is 0 Å². The van der Waals surface area contributed by atoms with E-state index >= 15 is 0 Å². The van der Waals surface area contributed by atoms with E-state index in [1.54, 1.807) is 19.1 Å². The molecular weight excluding hydrogens is 383 g/mol. The summed E-state index contributed by atoms with van der Waals surface area (Å²) in [7, 11) is 0. The molecule has 162 valence electrons. The zero-order chi connectivity index (χ0) is 21.1. The summed E-state index contributed by atoms with van der Waals surface area (Å²) in [5.41, 5.74) is 1.30. The van der Waals surface area contributed by atoms with Gasteiger partial charge < -0.3 is 9.42 Å². The molecule has 6 nitrogen and oxygen atoms in total. The van der Waals surface area contributed by atoms with Crippen LogP contribution in [0.3, 0.4) is 0 Å². The fourth-order valence-electron chi connectivity index (χ4n) is 4.61. The van der Waals surface area contributed by atoms with E-state index in [-0.39, 0.29) is 11.9 Å². The highest BCUT2D eigenvalue weighted by atomic mass is 19.1. The first-order valence-electron chi connectivity index (χ1n) is 11.1. The van der Waals surface area contributed by atoms with Gasteiger partial charge in [0.25, 0.3) is 0 Å². The van der Waals surface area contributed by atoms with E-state index in [1.165, 1.54) is 31.7 Å². The van der Waals surface area contributed by atoms with Crippen LogP contribution in [-0.4, -0.2) is 52.0 Å². The van der Waals surface area contributed by atoms with Crippen LogP contribution in [0.5, 0.6) is 0 Å². The molecule has 1 unspecified atom stereocenters. The number of aryl methyl sites for hydroxylation is 1. The monoisotopic (exact) mass is 414 g/mol. The molecule has 1 aliphatic heterocycles. The number of carbonyl (C=O) groups excluding carboxylic acids is 1. The zero-order valence-electron chi connectivity index (χ0n) is 17.9. The summed E-state index contributed by atoms with van der Waals surface area (Å²) in [6.07, 6.45) is 6.97. The Morgan fingerprint density at radius 2 is 1.97 bits per heavy atom. The molecule has 1 saturated carbocycles. The van der Waals surface area contributed by atoms with Crippen LogP contribution in [0.2, 0.25) is 0 Å². The van der Waals surface area contributed by atoms with Gasteiger partial charge in [0.05, 0.1) is 6.04 Å². The minimum atomic E-state index is -0.244. The maximum atomic E-state index is 13.5. The van der Waals surface area contributed by atoms with Crippen molar-refractivity contribution < 1.29 is 13.7 Å². The maximum Gasteiger partial charge on any atom is 0.244 e. The van der Waals surface area contributed by atoms with Crippen molar-refractivity contribution in [1.82, 2.24) is 19.9 Å². The van der Waals surface area contributed by atoms with Gasteiger partial charge in [0.2, 0.25) is 17.6 Å². The molecule has 4 rings (SSSR count). The third-order valence-corrected chi connectivity index (χ3v) is 6.67. The van der Waals surface area contributed by atoms with E-state index in [1.807, 2.05) is 11.8 Å². The number of aromatic nitrogens is 2. The number of rotatable bonds is 6. The molecule has 1 aliphatic carbocycles. The number of amides is 1. The first-order chi connectivity index (χ1) is 14.5. The summed E-state index contributed by atoms with van der Waals surface area (Å²) in [4.78, 5) is 21.4. The van der Waals surface area contributed by atoms with Crippen LogP contribution in [0.25, 0.3) is 11.4 Å². The molecule has 0 N–H and O–H groups in total. The van der Waals surface area contributed by atoms with E-state index in [2.05, 4.69) is 15.0 Å². The summed E-state index contributed by atoms with van der Waals surface area (Å²) >= 11 is 0. The van der Waals surface area contributed by atoms with Gasteiger partial charge in [0, 0.05) is 38.2 Å². The second kappa shape index (κ2) is 9.25. The van der Waals surface area contributed by atoms with Crippen molar-refractivity contribution in [3.63, 3.8) is 0 Å². The van der Waals surface area contributed by atoms with Crippen LogP contribution >= 0.6 is 0 Å². The van der Waals surface area contributed by atoms with E-state index in [0.29, 0.717) is 29.6 Å². The summed E-state index contributed by atoms with van der Waals surface area (Å²) in [5, 5.41) is 4.08. The molecule has 0 spiro atoms. The van der Waals surface area contributed by atoms with Gasteiger partial charge >= 0.3 is 0 Å². The molecule has 1 amide bonds. The molecule has 30 heavy (non-hydrogen) atoms. The highest BCUT2D eigenvalue weighted by Gasteiger charge is 2.28. The Balaban J connectivity index is 1.30. The normalized spacial score (nSPS) is 19.4. The molecule has 2 aliphatic rings. The van der Waals surface area contributed by atoms with Crippen molar-refractivity contribution in [2.24, 2.45) is 5.92 Å². The highest BCUT2D eigenvalue weighted by molar-refractivity contribution is 5.76. The lowest BCUT2D eigenvalue weighted by atomic mass is 10.0. The minimum absolute atomic E-state index is 0.0245. The summed E-state index contributed by atoms with van der Waals surface area (Å²) in [6, 6.07) is 4.79. The molecular formula is C23H31FN4O2. The van der Waals surface area contributed by atoms with Crippen molar-refractivity contribution in [2.45, 2.75) is 58.4 Å². The first-order valence-corrected chi connectivity index (χ1v) is 11.1. The van der Waals surface area contributed by atoms with E-state index in [4.69, 9.17) is 4.52 Å². The average Bonchev–Trinajstić information content (AvgIpc) is 3.46. The smallest absolute Gasteiger partial charge is 0.244 e. The number of hydrogen-bond donors (Lipinski definition) is 0. The standard InChI is InChI=1S/C23H31FN4O2/c1-16-15-19(8-9-20(16)24)22-25-23(30-26-22)17(2)27-11-13-28(14-12-27)21(29)10-7-18-5-3-4-6-18/h8-9,15,17-18H,3-7,10-14H2,1-2H3. The van der Waals surface area contributed by atoms with Crippen molar-refractivity contribution in [2.75, 3.05) is 26.2 Å². The van der Waals surface area contributed by atoms with Gasteiger partial charge in [0.1, 0.15) is 5.82 Å². The highest BCUT2D eigenvalue weighted by Crippen LogP contribution is 2.29. The molecule has 2 aromatic rings. The fraction of sp³-hybridized carbons (Fsp3) is 0.609. The minimum Gasteiger partial charge on any atom is -0.340 e. The van der Waals surface area contributed by atoms with Crippen LogP contribution in [0.1, 0.15) is 62.9 Å². The maximum absolute atomic E-state index is 13.5. The second-order valence-electron chi connectivity index (χ2n) is 8.70. The van der Waals surface area contributed by atoms with Crippen molar-refractivity contribution in [3.05, 3.63) is 35.5 Å². The van der Waals surface area contributed by atoms with Crippen molar-refractivity contribution >= 4 is 5.91 Å².